The van der Waals surface area contributed by atoms with Gasteiger partial charge in [-0.3, -0.25) is 19.5 Å². The van der Waals surface area contributed by atoms with Crippen LogP contribution in [0.5, 0.6) is 0 Å². The molecule has 136 valence electrons. The molecule has 0 spiro atoms. The molecular weight excluding hydrogens is 330 g/mol. The number of fused-ring (bicyclic) bond motifs is 1. The number of nitrogens with one attached hydrogen (secondary N) is 1. The third kappa shape index (κ3) is 3.75. The van der Waals surface area contributed by atoms with Crippen molar-refractivity contribution in [3.63, 3.8) is 0 Å². The highest BCUT2D eigenvalue weighted by atomic mass is 16.5. The number of methoxy groups -OCH3 is 1. The molecular formula is C20H23N3O3. The number of carbonyl (C=O) groups is 2. The van der Waals surface area contributed by atoms with Crippen molar-refractivity contribution in [2.45, 2.75) is 25.8 Å². The number of rotatable bonds is 7. The fraction of sp³-hybridized carbons (Fsp3) is 0.350. The smallest absolute Gasteiger partial charge is 0.260 e. The minimum absolute atomic E-state index is 0.102. The average molecular weight is 353 g/mol. The highest BCUT2D eigenvalue weighted by Gasteiger charge is 2.39. The lowest BCUT2D eigenvalue weighted by atomic mass is 10.1. The van der Waals surface area contributed by atoms with E-state index in [1.54, 1.807) is 30.3 Å². The van der Waals surface area contributed by atoms with E-state index in [9.17, 15) is 9.59 Å². The Labute approximate surface area is 153 Å². The van der Waals surface area contributed by atoms with Gasteiger partial charge in [-0.2, -0.15) is 0 Å². The van der Waals surface area contributed by atoms with E-state index in [4.69, 9.17) is 4.74 Å². The molecule has 0 saturated heterocycles. The summed E-state index contributed by atoms with van der Waals surface area (Å²) in [7, 11) is 1.63. The summed E-state index contributed by atoms with van der Waals surface area (Å²) in [4.78, 5) is 31.4. The Bertz CT molecular complexity index is 806. The van der Waals surface area contributed by atoms with Crippen LogP contribution >= 0.6 is 0 Å². The lowest BCUT2D eigenvalue weighted by molar-refractivity contribution is -0.121. The summed E-state index contributed by atoms with van der Waals surface area (Å²) in [5, 5.41) is 2.89. The molecule has 2 amide bonds. The minimum atomic E-state index is -0.400. The van der Waals surface area contributed by atoms with E-state index in [0.29, 0.717) is 24.4 Å². The number of nitrogens with zero attached hydrogens (tertiary/aromatic N) is 2. The first-order valence-electron chi connectivity index (χ1n) is 8.72. The maximum atomic E-state index is 12.9. The fourth-order valence-corrected chi connectivity index (χ4v) is 3.21. The van der Waals surface area contributed by atoms with Gasteiger partial charge >= 0.3 is 0 Å². The van der Waals surface area contributed by atoms with E-state index in [0.717, 1.165) is 17.7 Å². The Hall–Kier alpha value is -2.73. The van der Waals surface area contributed by atoms with Gasteiger partial charge in [0, 0.05) is 32.1 Å². The second kappa shape index (κ2) is 8.10. The molecule has 0 saturated carbocycles. The van der Waals surface area contributed by atoms with Crippen LogP contribution in [0.25, 0.3) is 0 Å². The van der Waals surface area contributed by atoms with Crippen LogP contribution in [0.4, 0.5) is 5.69 Å². The number of ether oxygens (including phenoxy) is 1. The van der Waals surface area contributed by atoms with Crippen molar-refractivity contribution in [2.24, 2.45) is 0 Å². The van der Waals surface area contributed by atoms with Crippen molar-refractivity contribution in [1.29, 1.82) is 0 Å². The molecule has 6 heteroatoms. The fourth-order valence-electron chi connectivity index (χ4n) is 3.21. The number of carbonyl (C=O) groups excluding carboxylic acids is 2. The van der Waals surface area contributed by atoms with Crippen LogP contribution in [0.3, 0.4) is 0 Å². The average Bonchev–Trinajstić information content (AvgIpc) is 2.91. The lowest BCUT2D eigenvalue weighted by Gasteiger charge is -2.25. The number of hydrogen-bond donors (Lipinski definition) is 1. The maximum Gasteiger partial charge on any atom is 0.260 e. The summed E-state index contributed by atoms with van der Waals surface area (Å²) in [6.07, 6.45) is 2.59. The molecule has 1 aromatic heterocycles. The summed E-state index contributed by atoms with van der Waals surface area (Å²) in [5.41, 5.74) is 3.06. The number of pyridine rings is 1. The highest BCUT2D eigenvalue weighted by Crippen LogP contribution is 2.38. The van der Waals surface area contributed by atoms with Crippen LogP contribution in [-0.4, -0.2) is 37.1 Å². The Kier molecular flexibility index (Phi) is 5.63. The topological polar surface area (TPSA) is 71.5 Å². The molecule has 1 atom stereocenters. The molecule has 6 nitrogen and oxygen atoms in total. The minimum Gasteiger partial charge on any atom is -0.385 e. The molecule has 0 fully saturated rings. The van der Waals surface area contributed by atoms with E-state index in [1.165, 1.54) is 0 Å². The lowest BCUT2D eigenvalue weighted by Crippen LogP contribution is -2.33. The van der Waals surface area contributed by atoms with Crippen molar-refractivity contribution in [3.05, 3.63) is 59.4 Å². The number of amides is 2. The number of anilines is 1. The van der Waals surface area contributed by atoms with Gasteiger partial charge in [-0.1, -0.05) is 12.1 Å². The summed E-state index contributed by atoms with van der Waals surface area (Å²) in [5.74, 6) is -0.217. The van der Waals surface area contributed by atoms with Gasteiger partial charge in [-0.05, 0) is 43.2 Å². The van der Waals surface area contributed by atoms with Gasteiger partial charge in [0.1, 0.15) is 0 Å². The molecule has 0 bridgehead atoms. The molecule has 1 aliphatic rings. The largest absolute Gasteiger partial charge is 0.385 e. The van der Waals surface area contributed by atoms with E-state index in [1.807, 2.05) is 31.2 Å². The quantitative estimate of drug-likeness (QED) is 0.777. The van der Waals surface area contributed by atoms with Crippen molar-refractivity contribution in [2.75, 3.05) is 25.2 Å². The number of benzene rings is 1. The van der Waals surface area contributed by atoms with Crippen LogP contribution in [0.1, 0.15) is 40.5 Å². The zero-order chi connectivity index (χ0) is 18.5. The zero-order valence-corrected chi connectivity index (χ0v) is 15.1. The van der Waals surface area contributed by atoms with Gasteiger partial charge in [0.25, 0.3) is 5.91 Å². The molecule has 0 aliphatic carbocycles. The van der Waals surface area contributed by atoms with Gasteiger partial charge in [-0.15, -0.1) is 0 Å². The molecule has 0 unspecified atom stereocenters. The summed E-state index contributed by atoms with van der Waals surface area (Å²) in [6.45, 7) is 3.13. The molecule has 26 heavy (non-hydrogen) atoms. The van der Waals surface area contributed by atoms with Crippen molar-refractivity contribution < 1.29 is 14.3 Å². The van der Waals surface area contributed by atoms with E-state index in [-0.39, 0.29) is 18.2 Å². The molecule has 1 aromatic carbocycles. The van der Waals surface area contributed by atoms with Crippen molar-refractivity contribution in [3.8, 4) is 0 Å². The molecule has 3 rings (SSSR count). The summed E-state index contributed by atoms with van der Waals surface area (Å²) in [6, 6.07) is 10.8. The van der Waals surface area contributed by atoms with Crippen molar-refractivity contribution in [1.82, 2.24) is 10.3 Å². The third-order valence-corrected chi connectivity index (χ3v) is 4.42. The predicted molar refractivity (Wildman–Crippen MR) is 99.1 cm³/mol. The standard InChI is InChI=1S/C20H23N3O3/c1-14-6-3-7-15(12-14)23-17(13-18(24)21-10-5-11-26-2)19-16(20(23)25)8-4-9-22-19/h3-4,6-9,12,17H,5,10-11,13H2,1-2H3,(H,21,24)/t17-/m1/s1. The Balaban J connectivity index is 1.83. The van der Waals surface area contributed by atoms with Crippen molar-refractivity contribution >= 4 is 17.5 Å². The molecule has 1 N–H and O–H groups in total. The Morgan fingerprint density at radius 2 is 2.15 bits per heavy atom. The Morgan fingerprint density at radius 3 is 2.92 bits per heavy atom. The van der Waals surface area contributed by atoms with Gasteiger partial charge in [0.2, 0.25) is 5.91 Å². The van der Waals surface area contributed by atoms with Gasteiger partial charge in [0.15, 0.2) is 0 Å². The van der Waals surface area contributed by atoms with Crippen LogP contribution in [0.15, 0.2) is 42.6 Å². The van der Waals surface area contributed by atoms with Crippen LogP contribution in [0, 0.1) is 6.92 Å². The first kappa shape index (κ1) is 18.1. The van der Waals surface area contributed by atoms with E-state index >= 15 is 0 Å². The first-order valence-corrected chi connectivity index (χ1v) is 8.72. The van der Waals surface area contributed by atoms with Crippen LogP contribution in [0.2, 0.25) is 0 Å². The maximum absolute atomic E-state index is 12.9. The molecule has 2 heterocycles. The van der Waals surface area contributed by atoms with Gasteiger partial charge in [0.05, 0.1) is 23.7 Å². The van der Waals surface area contributed by atoms with E-state index < -0.39 is 6.04 Å². The molecule has 1 aliphatic heterocycles. The summed E-state index contributed by atoms with van der Waals surface area (Å²) >= 11 is 0. The predicted octanol–water partition coefficient (Wildman–Crippen LogP) is 2.63. The molecule has 2 aromatic rings. The Morgan fingerprint density at radius 1 is 1.31 bits per heavy atom. The first-order chi connectivity index (χ1) is 12.6. The van der Waals surface area contributed by atoms with Crippen LogP contribution in [-0.2, 0) is 9.53 Å². The molecule has 0 radical (unpaired) electrons. The van der Waals surface area contributed by atoms with E-state index in [2.05, 4.69) is 10.3 Å². The third-order valence-electron chi connectivity index (χ3n) is 4.42. The number of hydrogen-bond acceptors (Lipinski definition) is 4. The number of aryl methyl sites for hydroxylation is 1. The monoisotopic (exact) mass is 353 g/mol. The van der Waals surface area contributed by atoms with Crippen LogP contribution < -0.4 is 10.2 Å². The number of aromatic nitrogens is 1. The van der Waals surface area contributed by atoms with Gasteiger partial charge in [-0.25, -0.2) is 0 Å². The normalized spacial score (nSPS) is 15.8. The summed E-state index contributed by atoms with van der Waals surface area (Å²) < 4.78 is 4.99. The second-order valence-electron chi connectivity index (χ2n) is 6.37. The zero-order valence-electron chi connectivity index (χ0n) is 15.1. The SMILES string of the molecule is COCCCNC(=O)C[C@@H]1c2ncccc2C(=O)N1c1cccc(C)c1. The highest BCUT2D eigenvalue weighted by molar-refractivity contribution is 6.11. The second-order valence-corrected chi connectivity index (χ2v) is 6.37. The van der Waals surface area contributed by atoms with Gasteiger partial charge < -0.3 is 10.1 Å².